The van der Waals surface area contributed by atoms with E-state index in [0.29, 0.717) is 13.0 Å². The Morgan fingerprint density at radius 2 is 1.95 bits per heavy atom. The fourth-order valence-electron chi connectivity index (χ4n) is 1.99. The third kappa shape index (κ3) is 3.10. The van der Waals surface area contributed by atoms with E-state index in [0.717, 1.165) is 0 Å². The largest absolute Gasteiger partial charge is 0.398 e. The number of anilines is 1. The Labute approximate surface area is 119 Å². The molecule has 0 fully saturated rings. The van der Waals surface area contributed by atoms with E-state index in [2.05, 4.69) is 0 Å². The molecule has 112 valence electrons. The first-order valence-electron chi connectivity index (χ1n) is 6.46. The number of amides is 1. The molecule has 0 radical (unpaired) electrons. The number of carbonyl (C=O) groups excluding carboxylic acids is 1. The molecule has 1 rings (SSSR count). The number of sulfonamides is 1. The van der Waals surface area contributed by atoms with Crippen molar-refractivity contribution in [3.63, 3.8) is 0 Å². The predicted octanol–water partition coefficient (Wildman–Crippen LogP) is 1.18. The van der Waals surface area contributed by atoms with Crippen LogP contribution in [0.5, 0.6) is 0 Å². The van der Waals surface area contributed by atoms with Crippen LogP contribution in [0.25, 0.3) is 0 Å². The number of hydrogen-bond acceptors (Lipinski definition) is 4. The van der Waals surface area contributed by atoms with Gasteiger partial charge in [-0.2, -0.15) is 4.31 Å². The molecule has 6 nitrogen and oxygen atoms in total. The van der Waals surface area contributed by atoms with E-state index in [-0.39, 0.29) is 22.2 Å². The van der Waals surface area contributed by atoms with Crippen molar-refractivity contribution >= 4 is 21.6 Å². The maximum absolute atomic E-state index is 12.6. The Balaban J connectivity index is 3.31. The molecule has 1 aromatic rings. The number of primary amides is 1. The van der Waals surface area contributed by atoms with Gasteiger partial charge in [0.1, 0.15) is 4.90 Å². The van der Waals surface area contributed by atoms with Crippen LogP contribution in [0.4, 0.5) is 5.69 Å². The molecule has 0 aliphatic heterocycles. The number of rotatable bonds is 6. The molecular weight excluding hydrogens is 278 g/mol. The lowest BCUT2D eigenvalue weighted by atomic mass is 10.2. The van der Waals surface area contributed by atoms with Gasteiger partial charge >= 0.3 is 0 Å². The van der Waals surface area contributed by atoms with Crippen LogP contribution in [-0.4, -0.2) is 31.2 Å². The Bertz CT molecular complexity index is 599. The van der Waals surface area contributed by atoms with Gasteiger partial charge in [0, 0.05) is 18.2 Å². The molecule has 0 heterocycles. The zero-order valence-electron chi connectivity index (χ0n) is 12.0. The molecule has 7 heteroatoms. The second-order valence-corrected chi connectivity index (χ2v) is 6.44. The number of nitrogens with two attached hydrogens (primary N) is 2. The third-order valence-corrected chi connectivity index (χ3v) is 5.44. The topological polar surface area (TPSA) is 106 Å². The van der Waals surface area contributed by atoms with Gasteiger partial charge in [0.2, 0.25) is 15.9 Å². The highest BCUT2D eigenvalue weighted by molar-refractivity contribution is 7.89. The van der Waals surface area contributed by atoms with E-state index >= 15 is 0 Å². The Morgan fingerprint density at radius 1 is 1.35 bits per heavy atom. The maximum atomic E-state index is 12.6. The minimum absolute atomic E-state index is 0.00431. The van der Waals surface area contributed by atoms with Crippen LogP contribution in [0.3, 0.4) is 0 Å². The lowest BCUT2D eigenvalue weighted by Crippen LogP contribution is -2.38. The summed E-state index contributed by atoms with van der Waals surface area (Å²) in [4.78, 5) is 11.1. The molecule has 0 saturated carbocycles. The minimum Gasteiger partial charge on any atom is -0.398 e. The van der Waals surface area contributed by atoms with Gasteiger partial charge in [-0.15, -0.1) is 0 Å². The van der Waals surface area contributed by atoms with Gasteiger partial charge in [0.15, 0.2) is 0 Å². The minimum atomic E-state index is -3.68. The van der Waals surface area contributed by atoms with Gasteiger partial charge in [-0.3, -0.25) is 4.79 Å². The van der Waals surface area contributed by atoms with Crippen LogP contribution < -0.4 is 11.5 Å². The van der Waals surface area contributed by atoms with Crippen LogP contribution >= 0.6 is 0 Å². The maximum Gasteiger partial charge on any atom is 0.248 e. The number of carbonyl (C=O) groups is 1. The van der Waals surface area contributed by atoms with Gasteiger partial charge in [-0.25, -0.2) is 8.42 Å². The number of nitrogens with zero attached hydrogens (tertiary/aromatic N) is 1. The number of benzene rings is 1. The van der Waals surface area contributed by atoms with E-state index in [1.165, 1.54) is 22.5 Å². The number of nitrogen functional groups attached to an aromatic ring is 1. The molecule has 0 bridgehead atoms. The molecule has 0 saturated heterocycles. The van der Waals surface area contributed by atoms with Crippen molar-refractivity contribution in [2.75, 3.05) is 12.3 Å². The molecule has 4 N–H and O–H groups in total. The highest BCUT2D eigenvalue weighted by Crippen LogP contribution is 2.25. The van der Waals surface area contributed by atoms with Gasteiger partial charge < -0.3 is 11.5 Å². The first-order chi connectivity index (χ1) is 9.25. The lowest BCUT2D eigenvalue weighted by Gasteiger charge is -2.26. The van der Waals surface area contributed by atoms with Gasteiger partial charge in [0.25, 0.3) is 0 Å². The molecule has 0 spiro atoms. The summed E-state index contributed by atoms with van der Waals surface area (Å²) < 4.78 is 26.6. The van der Waals surface area contributed by atoms with Crippen molar-refractivity contribution in [1.29, 1.82) is 0 Å². The average Bonchev–Trinajstić information content (AvgIpc) is 2.38. The van der Waals surface area contributed by atoms with E-state index in [9.17, 15) is 13.2 Å². The van der Waals surface area contributed by atoms with Crippen molar-refractivity contribution in [3.8, 4) is 0 Å². The Kier molecular flexibility index (Phi) is 5.13. The highest BCUT2D eigenvalue weighted by atomic mass is 32.2. The Hall–Kier alpha value is -1.60. The van der Waals surface area contributed by atoms with Crippen LogP contribution in [0, 0.1) is 0 Å². The quantitative estimate of drug-likeness (QED) is 0.769. The summed E-state index contributed by atoms with van der Waals surface area (Å²) in [6.45, 7) is 5.89. The summed E-state index contributed by atoms with van der Waals surface area (Å²) in [5, 5.41) is 0. The zero-order valence-corrected chi connectivity index (χ0v) is 12.8. The zero-order chi connectivity index (χ0) is 15.5. The summed E-state index contributed by atoms with van der Waals surface area (Å²) in [6, 6.07) is 3.87. The molecule has 1 amide bonds. The van der Waals surface area contributed by atoms with E-state index in [4.69, 9.17) is 11.5 Å². The van der Waals surface area contributed by atoms with E-state index < -0.39 is 15.9 Å². The molecule has 1 unspecified atom stereocenters. The second-order valence-electron chi connectivity index (χ2n) is 4.58. The normalized spacial score (nSPS) is 13.4. The second kappa shape index (κ2) is 6.23. The fraction of sp³-hybridized carbons (Fsp3) is 0.462. The summed E-state index contributed by atoms with van der Waals surface area (Å²) in [5.41, 5.74) is 11.1. The standard InChI is InChI=1S/C13H21N3O3S/c1-4-9(3)16(5-2)20(18,19)12-7-6-10(13(15)17)8-11(12)14/h6-9H,4-5,14H2,1-3H3,(H2,15,17). The van der Waals surface area contributed by atoms with Crippen LogP contribution in [0.2, 0.25) is 0 Å². The molecule has 0 aliphatic rings. The number of hydrogen-bond donors (Lipinski definition) is 2. The molecule has 1 atom stereocenters. The molecule has 0 aliphatic carbocycles. The highest BCUT2D eigenvalue weighted by Gasteiger charge is 2.28. The molecule has 1 aromatic carbocycles. The Morgan fingerprint density at radius 3 is 2.35 bits per heavy atom. The van der Waals surface area contributed by atoms with Crippen molar-refractivity contribution in [2.45, 2.75) is 38.1 Å². The summed E-state index contributed by atoms with van der Waals surface area (Å²) in [5.74, 6) is -0.644. The monoisotopic (exact) mass is 299 g/mol. The van der Waals surface area contributed by atoms with E-state index in [1.54, 1.807) is 6.92 Å². The predicted molar refractivity (Wildman–Crippen MR) is 78.7 cm³/mol. The summed E-state index contributed by atoms with van der Waals surface area (Å²) >= 11 is 0. The summed E-state index contributed by atoms with van der Waals surface area (Å²) in [7, 11) is -3.68. The van der Waals surface area contributed by atoms with Gasteiger partial charge in [-0.1, -0.05) is 13.8 Å². The molecule has 0 aromatic heterocycles. The third-order valence-electron chi connectivity index (χ3n) is 3.28. The van der Waals surface area contributed by atoms with Crippen LogP contribution in [0.15, 0.2) is 23.1 Å². The van der Waals surface area contributed by atoms with Crippen molar-refractivity contribution in [3.05, 3.63) is 23.8 Å². The van der Waals surface area contributed by atoms with Crippen molar-refractivity contribution in [1.82, 2.24) is 4.31 Å². The SMILES string of the molecule is CCC(C)N(CC)S(=O)(=O)c1ccc(C(N)=O)cc1N. The first-order valence-corrected chi connectivity index (χ1v) is 7.90. The molecular formula is C13H21N3O3S. The van der Waals surface area contributed by atoms with Crippen LogP contribution in [-0.2, 0) is 10.0 Å². The average molecular weight is 299 g/mol. The van der Waals surface area contributed by atoms with Gasteiger partial charge in [0.05, 0.1) is 5.69 Å². The van der Waals surface area contributed by atoms with E-state index in [1.807, 2.05) is 13.8 Å². The fourth-order valence-corrected chi connectivity index (χ4v) is 3.80. The summed E-state index contributed by atoms with van der Waals surface area (Å²) in [6.07, 6.45) is 0.701. The van der Waals surface area contributed by atoms with Crippen LogP contribution in [0.1, 0.15) is 37.6 Å². The smallest absolute Gasteiger partial charge is 0.248 e. The van der Waals surface area contributed by atoms with Crippen molar-refractivity contribution < 1.29 is 13.2 Å². The first kappa shape index (κ1) is 16.5. The lowest BCUT2D eigenvalue weighted by molar-refractivity contribution is 0.1000. The molecule has 20 heavy (non-hydrogen) atoms. The van der Waals surface area contributed by atoms with Crippen molar-refractivity contribution in [2.24, 2.45) is 5.73 Å². The van der Waals surface area contributed by atoms with Gasteiger partial charge in [-0.05, 0) is 31.5 Å².